The molecule has 1 aliphatic rings. The van der Waals surface area contributed by atoms with Gasteiger partial charge in [0, 0.05) is 13.1 Å². The SMILES string of the molecule is CCC(C)CC1(O)CNC1. The van der Waals surface area contributed by atoms with Gasteiger partial charge in [-0.2, -0.15) is 0 Å². The first-order chi connectivity index (χ1) is 4.66. The highest BCUT2D eigenvalue weighted by atomic mass is 16.3. The second-order valence-electron chi connectivity index (χ2n) is 3.55. The predicted octanol–water partition coefficient (Wildman–Crippen LogP) is 0.757. The van der Waals surface area contributed by atoms with E-state index in [2.05, 4.69) is 19.2 Å². The fourth-order valence-corrected chi connectivity index (χ4v) is 1.35. The van der Waals surface area contributed by atoms with Crippen LogP contribution in [-0.2, 0) is 0 Å². The lowest BCUT2D eigenvalue weighted by Gasteiger charge is -2.39. The summed E-state index contributed by atoms with van der Waals surface area (Å²) in [5.41, 5.74) is -0.366. The van der Waals surface area contributed by atoms with E-state index in [1.807, 2.05) is 0 Å². The first-order valence-corrected chi connectivity index (χ1v) is 4.09. The monoisotopic (exact) mass is 143 g/mol. The third kappa shape index (κ3) is 1.70. The van der Waals surface area contributed by atoms with Crippen LogP contribution >= 0.6 is 0 Å². The van der Waals surface area contributed by atoms with Crippen LogP contribution in [0.25, 0.3) is 0 Å². The highest BCUT2D eigenvalue weighted by molar-refractivity contribution is 4.93. The molecule has 0 saturated carbocycles. The Morgan fingerprint density at radius 1 is 1.60 bits per heavy atom. The molecule has 1 fully saturated rings. The Kier molecular flexibility index (Phi) is 2.32. The van der Waals surface area contributed by atoms with Crippen molar-refractivity contribution in [1.29, 1.82) is 0 Å². The summed E-state index contributed by atoms with van der Waals surface area (Å²) in [6.45, 7) is 5.94. The van der Waals surface area contributed by atoms with Crippen molar-refractivity contribution in [2.45, 2.75) is 32.3 Å². The lowest BCUT2D eigenvalue weighted by atomic mass is 9.86. The van der Waals surface area contributed by atoms with E-state index in [0.717, 1.165) is 19.5 Å². The molecule has 2 heteroatoms. The van der Waals surface area contributed by atoms with Crippen LogP contribution < -0.4 is 5.32 Å². The molecule has 0 aliphatic carbocycles. The molecule has 2 nitrogen and oxygen atoms in total. The molecule has 60 valence electrons. The lowest BCUT2D eigenvalue weighted by Crippen LogP contribution is -2.59. The summed E-state index contributed by atoms with van der Waals surface area (Å²) in [5, 5.41) is 12.7. The molecule has 0 aromatic carbocycles. The van der Waals surface area contributed by atoms with Gasteiger partial charge in [-0.1, -0.05) is 20.3 Å². The molecule has 0 aromatic rings. The Bertz CT molecular complexity index is 110. The zero-order valence-corrected chi connectivity index (χ0v) is 6.85. The molecule has 1 rings (SSSR count). The minimum absolute atomic E-state index is 0.366. The molecular weight excluding hydrogens is 126 g/mol. The molecule has 0 radical (unpaired) electrons. The summed E-state index contributed by atoms with van der Waals surface area (Å²) >= 11 is 0. The minimum atomic E-state index is -0.366. The zero-order chi connectivity index (χ0) is 7.61. The van der Waals surface area contributed by atoms with E-state index in [1.54, 1.807) is 0 Å². The molecule has 0 bridgehead atoms. The van der Waals surface area contributed by atoms with Gasteiger partial charge in [0.1, 0.15) is 0 Å². The number of β-amino-alcohol motifs (C(OH)–C–C–N with tert-alkyl or cyclic N) is 1. The van der Waals surface area contributed by atoms with Gasteiger partial charge in [-0.25, -0.2) is 0 Å². The van der Waals surface area contributed by atoms with Crippen molar-refractivity contribution < 1.29 is 5.11 Å². The van der Waals surface area contributed by atoms with Crippen molar-refractivity contribution in [3.05, 3.63) is 0 Å². The van der Waals surface area contributed by atoms with Crippen molar-refractivity contribution in [2.24, 2.45) is 5.92 Å². The summed E-state index contributed by atoms with van der Waals surface area (Å²) in [4.78, 5) is 0. The fourth-order valence-electron chi connectivity index (χ4n) is 1.35. The van der Waals surface area contributed by atoms with E-state index in [4.69, 9.17) is 0 Å². The maximum absolute atomic E-state index is 9.65. The van der Waals surface area contributed by atoms with Gasteiger partial charge in [-0.05, 0) is 12.3 Å². The van der Waals surface area contributed by atoms with Crippen LogP contribution in [0.2, 0.25) is 0 Å². The second kappa shape index (κ2) is 2.89. The van der Waals surface area contributed by atoms with E-state index in [1.165, 1.54) is 6.42 Å². The smallest absolute Gasteiger partial charge is 0.0897 e. The summed E-state index contributed by atoms with van der Waals surface area (Å²) in [6.07, 6.45) is 2.12. The predicted molar refractivity (Wildman–Crippen MR) is 41.9 cm³/mol. The molecule has 2 N–H and O–H groups in total. The number of hydrogen-bond acceptors (Lipinski definition) is 2. The summed E-state index contributed by atoms with van der Waals surface area (Å²) in [5.74, 6) is 0.659. The van der Waals surface area contributed by atoms with Crippen LogP contribution in [0.1, 0.15) is 26.7 Å². The fraction of sp³-hybridized carbons (Fsp3) is 1.00. The Morgan fingerprint density at radius 2 is 2.20 bits per heavy atom. The highest BCUT2D eigenvalue weighted by Gasteiger charge is 2.34. The average molecular weight is 143 g/mol. The van der Waals surface area contributed by atoms with E-state index in [9.17, 15) is 5.11 Å². The third-order valence-corrected chi connectivity index (χ3v) is 2.33. The van der Waals surface area contributed by atoms with Gasteiger partial charge < -0.3 is 10.4 Å². The molecule has 0 aromatic heterocycles. The Hall–Kier alpha value is -0.0800. The van der Waals surface area contributed by atoms with Crippen molar-refractivity contribution in [2.75, 3.05) is 13.1 Å². The van der Waals surface area contributed by atoms with Crippen LogP contribution in [0.15, 0.2) is 0 Å². The third-order valence-electron chi connectivity index (χ3n) is 2.33. The standard InChI is InChI=1S/C8H17NO/c1-3-7(2)4-8(10)5-9-6-8/h7,9-10H,3-6H2,1-2H3. The molecule has 1 aliphatic heterocycles. The van der Waals surface area contributed by atoms with E-state index >= 15 is 0 Å². The first-order valence-electron chi connectivity index (χ1n) is 4.09. The number of aliphatic hydroxyl groups is 1. The van der Waals surface area contributed by atoms with Crippen LogP contribution in [0.4, 0.5) is 0 Å². The minimum Gasteiger partial charge on any atom is -0.387 e. The zero-order valence-electron chi connectivity index (χ0n) is 6.85. The topological polar surface area (TPSA) is 32.3 Å². The Balaban J connectivity index is 2.22. The van der Waals surface area contributed by atoms with Crippen LogP contribution in [0.3, 0.4) is 0 Å². The molecular formula is C8H17NO. The van der Waals surface area contributed by atoms with Crippen molar-refractivity contribution in [3.8, 4) is 0 Å². The second-order valence-corrected chi connectivity index (χ2v) is 3.55. The van der Waals surface area contributed by atoms with Crippen LogP contribution in [-0.4, -0.2) is 23.8 Å². The van der Waals surface area contributed by atoms with Gasteiger partial charge >= 0.3 is 0 Å². The van der Waals surface area contributed by atoms with Gasteiger partial charge in [0.15, 0.2) is 0 Å². The summed E-state index contributed by atoms with van der Waals surface area (Å²) in [6, 6.07) is 0. The molecule has 1 unspecified atom stereocenters. The van der Waals surface area contributed by atoms with E-state index in [0.29, 0.717) is 5.92 Å². The van der Waals surface area contributed by atoms with Crippen LogP contribution in [0.5, 0.6) is 0 Å². The normalized spacial score (nSPS) is 25.5. The molecule has 10 heavy (non-hydrogen) atoms. The maximum Gasteiger partial charge on any atom is 0.0897 e. The number of hydrogen-bond donors (Lipinski definition) is 2. The molecule has 1 heterocycles. The van der Waals surface area contributed by atoms with Gasteiger partial charge in [-0.15, -0.1) is 0 Å². The molecule has 1 saturated heterocycles. The van der Waals surface area contributed by atoms with Gasteiger partial charge in [0.05, 0.1) is 5.60 Å². The molecule has 0 spiro atoms. The van der Waals surface area contributed by atoms with Crippen LogP contribution in [0, 0.1) is 5.92 Å². The van der Waals surface area contributed by atoms with Crippen molar-refractivity contribution in [1.82, 2.24) is 5.32 Å². The summed E-state index contributed by atoms with van der Waals surface area (Å²) in [7, 11) is 0. The van der Waals surface area contributed by atoms with E-state index < -0.39 is 0 Å². The largest absolute Gasteiger partial charge is 0.387 e. The molecule has 1 atom stereocenters. The number of nitrogens with one attached hydrogen (secondary N) is 1. The highest BCUT2D eigenvalue weighted by Crippen LogP contribution is 2.22. The van der Waals surface area contributed by atoms with Gasteiger partial charge in [-0.3, -0.25) is 0 Å². The lowest BCUT2D eigenvalue weighted by molar-refractivity contribution is -0.0289. The number of rotatable bonds is 3. The average Bonchev–Trinajstić information content (AvgIpc) is 1.84. The quantitative estimate of drug-likeness (QED) is 0.611. The Labute approximate surface area is 62.6 Å². The first kappa shape index (κ1) is 8.02. The Morgan fingerprint density at radius 3 is 2.50 bits per heavy atom. The summed E-state index contributed by atoms with van der Waals surface area (Å²) < 4.78 is 0. The van der Waals surface area contributed by atoms with Gasteiger partial charge in [0.2, 0.25) is 0 Å². The van der Waals surface area contributed by atoms with Crippen molar-refractivity contribution in [3.63, 3.8) is 0 Å². The van der Waals surface area contributed by atoms with Gasteiger partial charge in [0.25, 0.3) is 0 Å². The maximum atomic E-state index is 9.65. The van der Waals surface area contributed by atoms with E-state index in [-0.39, 0.29) is 5.60 Å². The van der Waals surface area contributed by atoms with Crippen molar-refractivity contribution >= 4 is 0 Å². The molecule has 0 amide bonds.